The third-order valence-corrected chi connectivity index (χ3v) is 0. The maximum Gasteiger partial charge on any atom is 0 e. The Balaban J connectivity index is 0. The van der Waals surface area contributed by atoms with E-state index in [1.807, 2.05) is 0 Å². The molecule has 0 fully saturated rings. The Labute approximate surface area is 73.4 Å². The van der Waals surface area contributed by atoms with E-state index in [4.69, 9.17) is 0 Å². The molecule has 0 aliphatic heterocycles. The van der Waals surface area contributed by atoms with E-state index in [0.29, 0.717) is 0 Å². The summed E-state index contributed by atoms with van der Waals surface area (Å²) in [7, 11) is -0.861. The van der Waals surface area contributed by atoms with Crippen molar-refractivity contribution < 1.29 is 39.9 Å². The fourth-order valence-corrected chi connectivity index (χ4v) is 0. The predicted octanol–water partition coefficient (Wildman–Crippen LogP) is 1.70. The van der Waals surface area contributed by atoms with Gasteiger partial charge in [0.05, 0.1) is 0 Å². The van der Waals surface area contributed by atoms with Crippen LogP contribution in [0.5, 0.6) is 0 Å². The van der Waals surface area contributed by atoms with Crippen LogP contribution in [0.3, 0.4) is 0 Å². The Morgan fingerprint density at radius 3 is 1.17 bits per heavy atom. The van der Waals surface area contributed by atoms with Crippen molar-refractivity contribution in [2.45, 2.75) is 19.6 Å². The van der Waals surface area contributed by atoms with E-state index in [-0.39, 0.29) is 39.9 Å². The number of hydrogen-bond donors (Lipinski definition) is 0. The van der Waals surface area contributed by atoms with Gasteiger partial charge in [-0.1, -0.05) is 19.6 Å². The quantitative estimate of drug-likeness (QED) is 0.471. The van der Waals surface area contributed by atoms with Crippen LogP contribution in [0.25, 0.3) is 0 Å². The molecule has 6 heavy (non-hydrogen) atoms. The molecular weight excluding hydrogens is 308 g/mol. The summed E-state index contributed by atoms with van der Waals surface area (Å²) in [5.74, 6) is 0. The fourth-order valence-electron chi connectivity index (χ4n) is 0. The van der Waals surface area contributed by atoms with E-state index in [2.05, 4.69) is 26.2 Å². The van der Waals surface area contributed by atoms with Gasteiger partial charge in [-0.25, -0.2) is 0 Å². The fraction of sp³-hybridized carbons (Fsp3) is 0.750. The average Bonchev–Trinajstić information content (AvgIpc) is 0.722. The van der Waals surface area contributed by atoms with Crippen LogP contribution in [-0.2, 0) is 0 Å². The molecule has 0 unspecified atom stereocenters. The molecular formula is C4H11SiTh-. The minimum atomic E-state index is -0.861. The monoisotopic (exact) mass is 319 g/mol. The Kier molecular flexibility index (Phi) is 6.19. The Morgan fingerprint density at radius 2 is 1.17 bits per heavy atom. The normalized spacial score (nSPS) is 10.0. The topological polar surface area (TPSA) is 0 Å². The minimum Gasteiger partial charge on any atom is -0.342 e. The molecule has 0 aliphatic carbocycles. The molecule has 0 atom stereocenters. The van der Waals surface area contributed by atoms with Crippen LogP contribution in [0.1, 0.15) is 0 Å². The van der Waals surface area contributed by atoms with E-state index >= 15 is 0 Å². The van der Waals surface area contributed by atoms with Gasteiger partial charge in [-0.05, 0) is 0 Å². The Bertz CT molecular complexity index is 23.0. The zero-order chi connectivity index (χ0) is 4.50. The van der Waals surface area contributed by atoms with Gasteiger partial charge in [0.2, 0.25) is 0 Å². The first kappa shape index (κ1) is 10.5. The second-order valence-electron chi connectivity index (χ2n) is 2.56. The summed E-state index contributed by atoms with van der Waals surface area (Å²) >= 11 is 0. The van der Waals surface area contributed by atoms with Crippen molar-refractivity contribution in [3.05, 3.63) is 6.55 Å². The summed E-state index contributed by atoms with van der Waals surface area (Å²) in [4.78, 5) is 0. The van der Waals surface area contributed by atoms with Crippen LogP contribution < -0.4 is 0 Å². The molecule has 0 amide bonds. The first-order valence-electron chi connectivity index (χ1n) is 1.85. The van der Waals surface area contributed by atoms with Crippen molar-refractivity contribution >= 4 is 8.07 Å². The molecule has 0 saturated carbocycles. The van der Waals surface area contributed by atoms with E-state index < -0.39 is 8.07 Å². The zero-order valence-electron chi connectivity index (χ0n) is 4.71. The molecule has 0 aliphatic rings. The third kappa shape index (κ3) is 48.1. The van der Waals surface area contributed by atoms with E-state index in [1.165, 1.54) is 0 Å². The molecule has 0 aromatic rings. The van der Waals surface area contributed by atoms with Crippen molar-refractivity contribution in [2.75, 3.05) is 0 Å². The van der Waals surface area contributed by atoms with Gasteiger partial charge < -0.3 is 6.55 Å². The van der Waals surface area contributed by atoms with Gasteiger partial charge in [-0.2, -0.15) is 0 Å². The van der Waals surface area contributed by atoms with Crippen LogP contribution in [-0.4, -0.2) is 8.07 Å². The van der Waals surface area contributed by atoms with Crippen molar-refractivity contribution in [2.24, 2.45) is 0 Å². The smallest absolute Gasteiger partial charge is 0 e. The minimum absolute atomic E-state index is 0. The molecule has 0 bridgehead atoms. The van der Waals surface area contributed by atoms with Crippen LogP contribution in [0.4, 0.5) is 0 Å². The zero-order valence-corrected chi connectivity index (χ0v) is 9.82. The molecule has 0 heterocycles. The first-order chi connectivity index (χ1) is 2.00. The summed E-state index contributed by atoms with van der Waals surface area (Å²) in [6.45, 7) is 10.6. The molecule has 0 saturated heterocycles. The molecule has 0 aromatic carbocycles. The summed E-state index contributed by atoms with van der Waals surface area (Å²) in [5, 5.41) is 0. The van der Waals surface area contributed by atoms with Crippen molar-refractivity contribution in [1.29, 1.82) is 0 Å². The molecule has 2 heteroatoms. The molecule has 0 rings (SSSR count). The van der Waals surface area contributed by atoms with E-state index in [0.717, 1.165) is 0 Å². The van der Waals surface area contributed by atoms with Crippen LogP contribution in [0.2, 0.25) is 19.6 Å². The second-order valence-corrected chi connectivity index (χ2v) is 7.68. The van der Waals surface area contributed by atoms with Crippen LogP contribution >= 0.6 is 0 Å². The molecule has 0 nitrogen and oxygen atoms in total. The van der Waals surface area contributed by atoms with Crippen LogP contribution in [0, 0.1) is 46.5 Å². The van der Waals surface area contributed by atoms with E-state index in [1.54, 1.807) is 0 Å². The van der Waals surface area contributed by atoms with Gasteiger partial charge in [-0.15, -0.1) is 8.07 Å². The summed E-state index contributed by atoms with van der Waals surface area (Å²) in [5.41, 5.74) is 0. The van der Waals surface area contributed by atoms with Crippen molar-refractivity contribution in [3.8, 4) is 0 Å². The largest absolute Gasteiger partial charge is 0.342 e. The van der Waals surface area contributed by atoms with Gasteiger partial charge in [0.1, 0.15) is 0 Å². The predicted molar refractivity (Wildman–Crippen MR) is 28.7 cm³/mol. The Hall–Kier alpha value is 1.54. The van der Waals surface area contributed by atoms with Crippen molar-refractivity contribution in [1.82, 2.24) is 0 Å². The van der Waals surface area contributed by atoms with E-state index in [9.17, 15) is 0 Å². The number of rotatable bonds is 0. The van der Waals surface area contributed by atoms with Gasteiger partial charge in [-0.3, -0.25) is 0 Å². The summed E-state index contributed by atoms with van der Waals surface area (Å²) in [6, 6.07) is 0. The third-order valence-electron chi connectivity index (χ3n) is 0. The van der Waals surface area contributed by atoms with Crippen LogP contribution in [0.15, 0.2) is 0 Å². The number of hydrogen-bond acceptors (Lipinski definition) is 0. The SMILES string of the molecule is [CH2-][Si](C)(C)C.[Th]. The molecule has 0 spiro atoms. The standard InChI is InChI=1S/C4H11Si.Th/c1-5(2,3)4;/h1H2,2-4H3;/q-1;. The first-order valence-corrected chi connectivity index (χ1v) is 5.56. The Morgan fingerprint density at radius 1 is 1.17 bits per heavy atom. The van der Waals surface area contributed by atoms with Gasteiger partial charge >= 0.3 is 0 Å². The van der Waals surface area contributed by atoms with Gasteiger partial charge in [0.15, 0.2) is 0 Å². The van der Waals surface area contributed by atoms with Gasteiger partial charge in [0, 0.05) is 39.9 Å². The average molecular weight is 319 g/mol. The second kappa shape index (κ2) is 3.53. The maximum absolute atomic E-state index is 3.91. The summed E-state index contributed by atoms with van der Waals surface area (Å²) in [6.07, 6.45) is 0. The molecule has 36 valence electrons. The van der Waals surface area contributed by atoms with Crippen molar-refractivity contribution in [3.63, 3.8) is 0 Å². The summed E-state index contributed by atoms with van der Waals surface area (Å²) < 4.78 is 0. The maximum atomic E-state index is 3.91. The molecule has 0 radical (unpaired) electrons. The molecule has 0 N–H and O–H groups in total. The van der Waals surface area contributed by atoms with Gasteiger partial charge in [0.25, 0.3) is 0 Å². The molecule has 0 aromatic heterocycles.